The van der Waals surface area contributed by atoms with Gasteiger partial charge in [0.05, 0.1) is 4.34 Å². The van der Waals surface area contributed by atoms with Crippen LogP contribution in [0.5, 0.6) is 0 Å². The second kappa shape index (κ2) is 7.49. The summed E-state index contributed by atoms with van der Waals surface area (Å²) in [6.07, 6.45) is 1.87. The normalized spacial score (nSPS) is 11.5. The Balaban J connectivity index is 1.88. The maximum absolute atomic E-state index is 12.1. The summed E-state index contributed by atoms with van der Waals surface area (Å²) < 4.78 is 0.759. The number of halogens is 2. The highest BCUT2D eigenvalue weighted by Gasteiger charge is 2.22. The largest absolute Gasteiger partial charge is 0.351 e. The van der Waals surface area contributed by atoms with Crippen LogP contribution < -0.4 is 5.32 Å². The van der Waals surface area contributed by atoms with Crippen LogP contribution in [0.15, 0.2) is 36.4 Å². The first-order chi connectivity index (χ1) is 10.4. The number of aryl methyl sites for hydroxylation is 1. The van der Waals surface area contributed by atoms with E-state index in [0.29, 0.717) is 19.3 Å². The van der Waals surface area contributed by atoms with Gasteiger partial charge in [0.25, 0.3) is 0 Å². The highest BCUT2D eigenvalue weighted by Crippen LogP contribution is 2.23. The number of benzene rings is 1. The number of rotatable bonds is 6. The van der Waals surface area contributed by atoms with Crippen LogP contribution in [-0.2, 0) is 17.6 Å². The summed E-state index contributed by atoms with van der Waals surface area (Å²) in [4.78, 5) is 13.3. The summed E-state index contributed by atoms with van der Waals surface area (Å²) in [6, 6.07) is 11.6. The van der Waals surface area contributed by atoms with Crippen molar-refractivity contribution in [3.63, 3.8) is 0 Å². The van der Waals surface area contributed by atoms with E-state index in [1.807, 2.05) is 50.2 Å². The molecule has 5 heteroatoms. The third-order valence-electron chi connectivity index (χ3n) is 3.30. The number of carbonyl (C=O) groups excluding carboxylic acids is 1. The van der Waals surface area contributed by atoms with E-state index < -0.39 is 0 Å². The predicted molar refractivity (Wildman–Crippen MR) is 95.0 cm³/mol. The van der Waals surface area contributed by atoms with E-state index in [1.165, 1.54) is 11.3 Å². The summed E-state index contributed by atoms with van der Waals surface area (Å²) in [5.74, 6) is 0.0431. The highest BCUT2D eigenvalue weighted by atomic mass is 35.5. The smallest absolute Gasteiger partial charge is 0.220 e. The molecular formula is C17H19Cl2NOS. The molecular weight excluding hydrogens is 337 g/mol. The van der Waals surface area contributed by atoms with Crippen LogP contribution >= 0.6 is 34.5 Å². The average Bonchev–Trinajstić information content (AvgIpc) is 2.84. The molecule has 2 aromatic rings. The second-order valence-electron chi connectivity index (χ2n) is 5.91. The fourth-order valence-corrected chi connectivity index (χ4v) is 3.61. The Hall–Kier alpha value is -1.03. The molecule has 1 aromatic carbocycles. The third kappa shape index (κ3) is 5.31. The van der Waals surface area contributed by atoms with Crippen molar-refractivity contribution in [3.8, 4) is 0 Å². The molecule has 1 aromatic heterocycles. The maximum Gasteiger partial charge on any atom is 0.220 e. The zero-order valence-electron chi connectivity index (χ0n) is 12.7. The first kappa shape index (κ1) is 17.3. The average molecular weight is 356 g/mol. The van der Waals surface area contributed by atoms with Gasteiger partial charge >= 0.3 is 0 Å². The molecule has 0 spiro atoms. The lowest BCUT2D eigenvalue weighted by Crippen LogP contribution is -2.45. The van der Waals surface area contributed by atoms with E-state index in [4.69, 9.17) is 23.2 Å². The maximum atomic E-state index is 12.1. The molecule has 1 amide bonds. The molecule has 0 aliphatic rings. The summed E-state index contributed by atoms with van der Waals surface area (Å²) in [6.45, 7) is 4.02. The van der Waals surface area contributed by atoms with Crippen molar-refractivity contribution in [3.05, 3.63) is 56.2 Å². The monoisotopic (exact) mass is 355 g/mol. The lowest BCUT2D eigenvalue weighted by molar-refractivity contribution is -0.122. The molecule has 2 rings (SSSR count). The minimum absolute atomic E-state index is 0.0431. The van der Waals surface area contributed by atoms with E-state index in [2.05, 4.69) is 5.32 Å². The number of thiophene rings is 1. The van der Waals surface area contributed by atoms with E-state index >= 15 is 0 Å². The van der Waals surface area contributed by atoms with Crippen molar-refractivity contribution >= 4 is 40.4 Å². The van der Waals surface area contributed by atoms with Gasteiger partial charge in [0.2, 0.25) is 5.91 Å². The lowest BCUT2D eigenvalue weighted by atomic mass is 9.94. The Morgan fingerprint density at radius 1 is 1.18 bits per heavy atom. The number of amides is 1. The molecule has 0 fully saturated rings. The molecule has 2 nitrogen and oxygen atoms in total. The molecule has 22 heavy (non-hydrogen) atoms. The van der Waals surface area contributed by atoms with E-state index in [9.17, 15) is 4.79 Å². The number of nitrogens with one attached hydrogen (secondary N) is 1. The Morgan fingerprint density at radius 3 is 2.55 bits per heavy atom. The predicted octanol–water partition coefficient (Wildman–Crippen LogP) is 5.13. The van der Waals surface area contributed by atoms with Gasteiger partial charge in [0.15, 0.2) is 0 Å². The topological polar surface area (TPSA) is 29.1 Å². The number of carbonyl (C=O) groups is 1. The van der Waals surface area contributed by atoms with Crippen LogP contribution in [0.3, 0.4) is 0 Å². The second-order valence-corrected chi connectivity index (χ2v) is 8.11. The van der Waals surface area contributed by atoms with Gasteiger partial charge in [-0.25, -0.2) is 0 Å². The van der Waals surface area contributed by atoms with E-state index in [0.717, 1.165) is 19.8 Å². The highest BCUT2D eigenvalue weighted by molar-refractivity contribution is 7.16. The fourth-order valence-electron chi connectivity index (χ4n) is 2.32. The summed E-state index contributed by atoms with van der Waals surface area (Å²) >= 11 is 13.6. The van der Waals surface area contributed by atoms with Gasteiger partial charge in [-0.15, -0.1) is 11.3 Å². The van der Waals surface area contributed by atoms with Crippen molar-refractivity contribution in [2.24, 2.45) is 0 Å². The van der Waals surface area contributed by atoms with Crippen molar-refractivity contribution in [1.29, 1.82) is 0 Å². The Morgan fingerprint density at radius 2 is 1.91 bits per heavy atom. The Bertz CT molecular complexity index is 652. The van der Waals surface area contributed by atoms with Gasteiger partial charge < -0.3 is 5.32 Å². The molecule has 0 radical (unpaired) electrons. The molecule has 0 bridgehead atoms. The molecule has 118 valence electrons. The van der Waals surface area contributed by atoms with E-state index in [-0.39, 0.29) is 11.4 Å². The minimum atomic E-state index is -0.338. The van der Waals surface area contributed by atoms with Gasteiger partial charge in [-0.2, -0.15) is 0 Å². The van der Waals surface area contributed by atoms with Gasteiger partial charge in [-0.3, -0.25) is 4.79 Å². The van der Waals surface area contributed by atoms with Gasteiger partial charge in [0, 0.05) is 21.9 Å². The van der Waals surface area contributed by atoms with Crippen molar-refractivity contribution in [1.82, 2.24) is 5.32 Å². The van der Waals surface area contributed by atoms with Crippen LogP contribution in [0.1, 0.15) is 30.7 Å². The minimum Gasteiger partial charge on any atom is -0.351 e. The first-order valence-corrected chi connectivity index (χ1v) is 8.72. The van der Waals surface area contributed by atoms with Crippen LogP contribution in [0.25, 0.3) is 0 Å². The molecule has 0 aliphatic carbocycles. The summed E-state index contributed by atoms with van der Waals surface area (Å²) in [7, 11) is 0. The summed E-state index contributed by atoms with van der Waals surface area (Å²) in [5.41, 5.74) is 0.703. The van der Waals surface area contributed by atoms with Crippen LogP contribution in [0, 0.1) is 0 Å². The first-order valence-electron chi connectivity index (χ1n) is 7.14. The van der Waals surface area contributed by atoms with Crippen LogP contribution in [-0.4, -0.2) is 11.4 Å². The molecule has 0 saturated heterocycles. The van der Waals surface area contributed by atoms with Crippen LogP contribution in [0.4, 0.5) is 0 Å². The SMILES string of the molecule is CC(C)(Cc1ccccc1Cl)NC(=O)CCc1ccc(Cl)s1. The number of hydrogen-bond donors (Lipinski definition) is 1. The number of hydrogen-bond acceptors (Lipinski definition) is 2. The quantitative estimate of drug-likeness (QED) is 0.764. The molecule has 1 N–H and O–H groups in total. The van der Waals surface area contributed by atoms with Crippen molar-refractivity contribution in [2.75, 3.05) is 0 Å². The zero-order valence-corrected chi connectivity index (χ0v) is 15.0. The fraction of sp³-hybridized carbons (Fsp3) is 0.353. The lowest BCUT2D eigenvalue weighted by Gasteiger charge is -2.27. The van der Waals surface area contributed by atoms with Crippen molar-refractivity contribution in [2.45, 2.75) is 38.6 Å². The van der Waals surface area contributed by atoms with Crippen molar-refractivity contribution < 1.29 is 4.79 Å². The van der Waals surface area contributed by atoms with Crippen LogP contribution in [0.2, 0.25) is 9.36 Å². The molecule has 0 saturated carbocycles. The zero-order chi connectivity index (χ0) is 16.2. The molecule has 0 unspecified atom stereocenters. The standard InChI is InChI=1S/C17H19Cl2NOS/c1-17(2,11-12-5-3-4-6-14(12)18)20-16(21)10-8-13-7-9-15(19)22-13/h3-7,9H,8,10-11H2,1-2H3,(H,20,21). The Kier molecular flexibility index (Phi) is 5.90. The van der Waals surface area contributed by atoms with E-state index in [1.54, 1.807) is 0 Å². The summed E-state index contributed by atoms with van der Waals surface area (Å²) in [5, 5.41) is 3.82. The molecule has 0 atom stereocenters. The van der Waals surface area contributed by atoms with Gasteiger partial charge in [-0.1, -0.05) is 41.4 Å². The Labute approximate surface area is 145 Å². The van der Waals surface area contributed by atoms with Gasteiger partial charge in [0.1, 0.15) is 0 Å². The molecule has 0 aliphatic heterocycles. The third-order valence-corrected chi connectivity index (χ3v) is 4.96. The van der Waals surface area contributed by atoms with Gasteiger partial charge in [-0.05, 0) is 50.5 Å². The molecule has 1 heterocycles.